The van der Waals surface area contributed by atoms with E-state index in [1.54, 1.807) is 0 Å². The van der Waals surface area contributed by atoms with Gasteiger partial charge in [-0.2, -0.15) is 0 Å². The molecule has 90 valence electrons. The Morgan fingerprint density at radius 3 is 2.67 bits per heavy atom. The number of hydrogen-bond acceptors (Lipinski definition) is 0. The van der Waals surface area contributed by atoms with E-state index >= 15 is 0 Å². The summed E-state index contributed by atoms with van der Waals surface area (Å²) in [5.41, 5.74) is 3.96. The summed E-state index contributed by atoms with van der Waals surface area (Å²) in [7, 11) is 0. The van der Waals surface area contributed by atoms with Crippen molar-refractivity contribution in [3.63, 3.8) is 0 Å². The topological polar surface area (TPSA) is 3.01 Å². The summed E-state index contributed by atoms with van der Waals surface area (Å²) >= 11 is 6.20. The Balaban J connectivity index is 1.88. The zero-order chi connectivity index (χ0) is 12.4. The Hall–Kier alpha value is -1.60. The zero-order valence-electron chi connectivity index (χ0n) is 10.1. The van der Waals surface area contributed by atoms with Crippen LogP contribution in [0.25, 0.3) is 0 Å². The van der Waals surface area contributed by atoms with Crippen LogP contribution in [0, 0.1) is 0 Å². The van der Waals surface area contributed by atoms with Gasteiger partial charge in [0.15, 0.2) is 12.8 Å². The third kappa shape index (κ3) is 2.32. The molecule has 0 unspecified atom stereocenters. The van der Waals surface area contributed by atoms with Crippen LogP contribution in [0.3, 0.4) is 0 Å². The van der Waals surface area contributed by atoms with Gasteiger partial charge in [-0.25, -0.2) is 4.58 Å². The van der Waals surface area contributed by atoms with Gasteiger partial charge in [0, 0.05) is 17.5 Å². The molecular weight excluding hydrogens is 242 g/mol. The first-order valence-electron chi connectivity index (χ1n) is 6.23. The molecule has 0 saturated carbocycles. The molecule has 0 N–H and O–H groups in total. The van der Waals surface area contributed by atoms with Crippen LogP contribution in [-0.4, -0.2) is 17.3 Å². The second-order valence-electron chi connectivity index (χ2n) is 4.64. The molecule has 0 atom stereocenters. The van der Waals surface area contributed by atoms with Gasteiger partial charge in [0.25, 0.3) is 0 Å². The van der Waals surface area contributed by atoms with Crippen LogP contribution in [0.1, 0.15) is 16.7 Å². The van der Waals surface area contributed by atoms with E-state index in [4.69, 9.17) is 11.6 Å². The van der Waals surface area contributed by atoms with Crippen molar-refractivity contribution >= 4 is 17.8 Å². The van der Waals surface area contributed by atoms with Crippen molar-refractivity contribution in [3.05, 3.63) is 70.2 Å². The molecule has 2 aromatic carbocycles. The van der Waals surface area contributed by atoms with E-state index in [0.717, 1.165) is 24.5 Å². The van der Waals surface area contributed by atoms with E-state index in [9.17, 15) is 0 Å². The van der Waals surface area contributed by atoms with Gasteiger partial charge in [-0.15, -0.1) is 0 Å². The molecule has 2 heteroatoms. The minimum Gasteiger partial charge on any atom is -0.231 e. The second-order valence-corrected chi connectivity index (χ2v) is 5.05. The van der Waals surface area contributed by atoms with Gasteiger partial charge >= 0.3 is 0 Å². The fourth-order valence-corrected chi connectivity index (χ4v) is 2.58. The van der Waals surface area contributed by atoms with Gasteiger partial charge in [0.05, 0.1) is 5.02 Å². The highest BCUT2D eigenvalue weighted by Crippen LogP contribution is 2.17. The number of rotatable bonds is 2. The Morgan fingerprint density at radius 1 is 1.00 bits per heavy atom. The summed E-state index contributed by atoms with van der Waals surface area (Å²) < 4.78 is 2.34. The Labute approximate surface area is 112 Å². The standard InChI is InChI=1S/C16H15ClN/c17-16-8-4-3-7-15(16)12-18-10-9-13-5-1-2-6-14(13)11-18/h1-8,11H,9-10,12H2/q+1. The minimum atomic E-state index is 0.852. The lowest BCUT2D eigenvalue weighted by atomic mass is 10.0. The molecule has 0 bridgehead atoms. The first-order chi connectivity index (χ1) is 8.83. The maximum absolute atomic E-state index is 6.20. The number of hydrogen-bond donors (Lipinski definition) is 0. The van der Waals surface area contributed by atoms with Crippen LogP contribution in [0.5, 0.6) is 0 Å². The quantitative estimate of drug-likeness (QED) is 0.724. The normalized spacial score (nSPS) is 13.9. The van der Waals surface area contributed by atoms with E-state index in [0.29, 0.717) is 0 Å². The molecule has 0 saturated heterocycles. The minimum absolute atomic E-state index is 0.852. The smallest absolute Gasteiger partial charge is 0.171 e. The van der Waals surface area contributed by atoms with Crippen LogP contribution < -0.4 is 0 Å². The molecule has 0 fully saturated rings. The average molecular weight is 257 g/mol. The van der Waals surface area contributed by atoms with E-state index in [1.807, 2.05) is 18.2 Å². The SMILES string of the molecule is Clc1ccccc1C[N+]1=Cc2ccccc2CC1. The van der Waals surface area contributed by atoms with Gasteiger partial charge in [-0.1, -0.05) is 48.0 Å². The summed E-state index contributed by atoms with van der Waals surface area (Å²) in [5, 5.41) is 0.852. The molecule has 2 aromatic rings. The van der Waals surface area contributed by atoms with Crippen LogP contribution in [0.4, 0.5) is 0 Å². The molecule has 0 spiro atoms. The van der Waals surface area contributed by atoms with Crippen molar-refractivity contribution in [2.45, 2.75) is 13.0 Å². The summed E-state index contributed by atoms with van der Waals surface area (Å²) in [5.74, 6) is 0. The van der Waals surface area contributed by atoms with E-state index < -0.39 is 0 Å². The predicted molar refractivity (Wildman–Crippen MR) is 75.6 cm³/mol. The molecule has 0 amide bonds. The first-order valence-corrected chi connectivity index (χ1v) is 6.61. The van der Waals surface area contributed by atoms with E-state index in [1.165, 1.54) is 16.7 Å². The molecule has 1 aliphatic rings. The summed E-state index contributed by atoms with van der Waals surface area (Å²) in [4.78, 5) is 0. The van der Waals surface area contributed by atoms with Gasteiger partial charge < -0.3 is 0 Å². The van der Waals surface area contributed by atoms with Crippen LogP contribution in [0.2, 0.25) is 5.02 Å². The lowest BCUT2D eigenvalue weighted by molar-refractivity contribution is -0.540. The average Bonchev–Trinajstić information content (AvgIpc) is 2.41. The molecule has 3 rings (SSSR count). The third-order valence-electron chi connectivity index (χ3n) is 3.38. The number of fused-ring (bicyclic) bond motifs is 1. The molecule has 18 heavy (non-hydrogen) atoms. The van der Waals surface area contributed by atoms with Gasteiger partial charge in [0.1, 0.15) is 6.54 Å². The fourth-order valence-electron chi connectivity index (χ4n) is 2.38. The molecule has 0 aromatic heterocycles. The Bertz CT molecular complexity index is 602. The monoisotopic (exact) mass is 256 g/mol. The van der Waals surface area contributed by atoms with Gasteiger partial charge in [-0.3, -0.25) is 0 Å². The van der Waals surface area contributed by atoms with E-state index in [2.05, 4.69) is 41.1 Å². The van der Waals surface area contributed by atoms with Crippen LogP contribution in [0.15, 0.2) is 48.5 Å². The van der Waals surface area contributed by atoms with Crippen molar-refractivity contribution in [2.24, 2.45) is 0 Å². The molecule has 1 nitrogen and oxygen atoms in total. The van der Waals surface area contributed by atoms with E-state index in [-0.39, 0.29) is 0 Å². The summed E-state index contributed by atoms with van der Waals surface area (Å²) in [6.07, 6.45) is 3.35. The summed E-state index contributed by atoms with van der Waals surface area (Å²) in [6, 6.07) is 16.6. The zero-order valence-corrected chi connectivity index (χ0v) is 10.9. The van der Waals surface area contributed by atoms with Crippen molar-refractivity contribution in [1.82, 2.24) is 0 Å². The molecule has 0 radical (unpaired) electrons. The molecule has 1 heterocycles. The van der Waals surface area contributed by atoms with Crippen molar-refractivity contribution in [3.8, 4) is 0 Å². The van der Waals surface area contributed by atoms with Crippen LogP contribution in [-0.2, 0) is 13.0 Å². The fraction of sp³-hybridized carbons (Fsp3) is 0.188. The highest BCUT2D eigenvalue weighted by molar-refractivity contribution is 6.31. The highest BCUT2D eigenvalue weighted by Gasteiger charge is 2.16. The Morgan fingerprint density at radius 2 is 1.78 bits per heavy atom. The summed E-state index contributed by atoms with van der Waals surface area (Å²) in [6.45, 7) is 1.94. The Kier molecular flexibility index (Phi) is 3.16. The molecule has 0 aliphatic carbocycles. The largest absolute Gasteiger partial charge is 0.231 e. The number of benzene rings is 2. The number of nitrogens with zero attached hydrogens (tertiary/aromatic N) is 1. The first kappa shape index (κ1) is 11.5. The van der Waals surface area contributed by atoms with Crippen molar-refractivity contribution < 1.29 is 4.58 Å². The lowest BCUT2D eigenvalue weighted by Gasteiger charge is -2.12. The van der Waals surface area contributed by atoms with Gasteiger partial charge in [0.2, 0.25) is 0 Å². The van der Waals surface area contributed by atoms with Gasteiger partial charge in [-0.05, 0) is 17.7 Å². The highest BCUT2D eigenvalue weighted by atomic mass is 35.5. The molecule has 1 aliphatic heterocycles. The third-order valence-corrected chi connectivity index (χ3v) is 3.75. The maximum Gasteiger partial charge on any atom is 0.171 e. The van der Waals surface area contributed by atoms with Crippen LogP contribution >= 0.6 is 11.6 Å². The van der Waals surface area contributed by atoms with Crippen molar-refractivity contribution in [2.75, 3.05) is 6.54 Å². The van der Waals surface area contributed by atoms with Crippen molar-refractivity contribution in [1.29, 1.82) is 0 Å². The number of halogens is 1. The predicted octanol–water partition coefficient (Wildman–Crippen LogP) is 3.53. The maximum atomic E-state index is 6.20. The lowest BCUT2D eigenvalue weighted by Crippen LogP contribution is -2.22. The second kappa shape index (κ2) is 4.95. The molecular formula is C16H15ClN+.